The molecule has 0 atom stereocenters. The summed E-state index contributed by atoms with van der Waals surface area (Å²) in [5, 5.41) is 0. The minimum atomic E-state index is 0.758. The number of hydrogen-bond acceptors (Lipinski definition) is 1. The minimum absolute atomic E-state index is 0.758. The van der Waals surface area contributed by atoms with Gasteiger partial charge in [0.25, 0.3) is 0 Å². The van der Waals surface area contributed by atoms with Gasteiger partial charge in [-0.3, -0.25) is 0 Å². The van der Waals surface area contributed by atoms with Gasteiger partial charge in [0.05, 0.1) is 0 Å². The molecule has 0 bridgehead atoms. The van der Waals surface area contributed by atoms with Crippen molar-refractivity contribution < 1.29 is 0 Å². The van der Waals surface area contributed by atoms with E-state index in [1.807, 2.05) is 0 Å². The average Bonchev–Trinajstić information content (AvgIpc) is 2.35. The second-order valence-corrected chi connectivity index (χ2v) is 4.97. The lowest BCUT2D eigenvalue weighted by Gasteiger charge is -2.07. The van der Waals surface area contributed by atoms with E-state index in [0.717, 1.165) is 19.4 Å². The van der Waals surface area contributed by atoms with Gasteiger partial charge in [0.2, 0.25) is 0 Å². The van der Waals surface area contributed by atoms with E-state index >= 15 is 0 Å². The van der Waals surface area contributed by atoms with E-state index in [2.05, 4.69) is 56.3 Å². The molecule has 0 unspecified atom stereocenters. The van der Waals surface area contributed by atoms with Crippen molar-refractivity contribution in [2.45, 2.75) is 26.7 Å². The lowest BCUT2D eigenvalue weighted by atomic mass is 9.98. The van der Waals surface area contributed by atoms with Gasteiger partial charge in [0.1, 0.15) is 0 Å². The van der Waals surface area contributed by atoms with Crippen molar-refractivity contribution in [3.05, 3.63) is 59.2 Å². The van der Waals surface area contributed by atoms with E-state index in [1.165, 1.54) is 27.8 Å². The molecule has 18 heavy (non-hydrogen) atoms. The molecule has 2 aromatic carbocycles. The first kappa shape index (κ1) is 12.8. The Morgan fingerprint density at radius 2 is 1.61 bits per heavy atom. The summed E-state index contributed by atoms with van der Waals surface area (Å²) in [7, 11) is 0. The normalized spacial score (nSPS) is 10.6. The molecule has 1 nitrogen and oxygen atoms in total. The van der Waals surface area contributed by atoms with Gasteiger partial charge in [-0.05, 0) is 49.9 Å². The van der Waals surface area contributed by atoms with Crippen LogP contribution in [0.3, 0.4) is 0 Å². The summed E-state index contributed by atoms with van der Waals surface area (Å²) in [6, 6.07) is 15.5. The van der Waals surface area contributed by atoms with Crippen LogP contribution in [0, 0.1) is 13.8 Å². The SMILES string of the molecule is Cc1cc(C)cc(-c2cccc(CCCN)c2)c1. The van der Waals surface area contributed by atoms with E-state index in [4.69, 9.17) is 5.73 Å². The fraction of sp³-hybridized carbons (Fsp3) is 0.294. The molecule has 0 spiro atoms. The Bertz CT molecular complexity index is 509. The predicted octanol–water partition coefficient (Wildman–Crippen LogP) is 3.86. The molecule has 0 aromatic heterocycles. The summed E-state index contributed by atoms with van der Waals surface area (Å²) < 4.78 is 0. The van der Waals surface area contributed by atoms with Crippen molar-refractivity contribution in [1.29, 1.82) is 0 Å². The average molecular weight is 239 g/mol. The van der Waals surface area contributed by atoms with Crippen LogP contribution in [0.1, 0.15) is 23.1 Å². The molecule has 0 saturated heterocycles. The maximum Gasteiger partial charge on any atom is -0.00741 e. The van der Waals surface area contributed by atoms with E-state index in [1.54, 1.807) is 0 Å². The van der Waals surface area contributed by atoms with Gasteiger partial charge < -0.3 is 5.73 Å². The number of benzene rings is 2. The zero-order chi connectivity index (χ0) is 13.0. The highest BCUT2D eigenvalue weighted by molar-refractivity contribution is 5.65. The molecule has 1 heteroatoms. The maximum atomic E-state index is 5.57. The fourth-order valence-electron chi connectivity index (χ4n) is 2.35. The van der Waals surface area contributed by atoms with Crippen molar-refractivity contribution in [3.63, 3.8) is 0 Å². The Morgan fingerprint density at radius 1 is 0.889 bits per heavy atom. The molecule has 2 rings (SSSR count). The molecule has 0 fully saturated rings. The quantitative estimate of drug-likeness (QED) is 0.861. The Morgan fingerprint density at radius 3 is 2.28 bits per heavy atom. The summed E-state index contributed by atoms with van der Waals surface area (Å²) in [6.45, 7) is 5.05. The van der Waals surface area contributed by atoms with Gasteiger partial charge in [0, 0.05) is 0 Å². The van der Waals surface area contributed by atoms with Crippen molar-refractivity contribution in [3.8, 4) is 11.1 Å². The van der Waals surface area contributed by atoms with Gasteiger partial charge in [-0.1, -0.05) is 53.6 Å². The molecule has 94 valence electrons. The first-order valence-corrected chi connectivity index (χ1v) is 6.57. The standard InChI is InChI=1S/C17H21N/c1-13-9-14(2)11-17(10-13)16-7-3-5-15(12-16)6-4-8-18/h3,5,7,9-12H,4,6,8,18H2,1-2H3. The highest BCUT2D eigenvalue weighted by Gasteiger charge is 2.01. The number of nitrogens with two attached hydrogens (primary N) is 1. The van der Waals surface area contributed by atoms with E-state index in [0.29, 0.717) is 0 Å². The monoisotopic (exact) mass is 239 g/mol. The van der Waals surface area contributed by atoms with Crippen LogP contribution in [0.25, 0.3) is 11.1 Å². The molecular weight excluding hydrogens is 218 g/mol. The Labute approximate surface area is 110 Å². The van der Waals surface area contributed by atoms with Crippen LogP contribution >= 0.6 is 0 Å². The van der Waals surface area contributed by atoms with E-state index < -0.39 is 0 Å². The summed E-state index contributed by atoms with van der Waals surface area (Å²) in [4.78, 5) is 0. The van der Waals surface area contributed by atoms with Crippen molar-refractivity contribution in [2.75, 3.05) is 6.54 Å². The van der Waals surface area contributed by atoms with Crippen molar-refractivity contribution in [2.24, 2.45) is 5.73 Å². The topological polar surface area (TPSA) is 26.0 Å². The summed E-state index contributed by atoms with van der Waals surface area (Å²) >= 11 is 0. The molecule has 0 aliphatic rings. The summed E-state index contributed by atoms with van der Waals surface area (Å²) in [5.74, 6) is 0. The first-order chi connectivity index (χ1) is 8.69. The largest absolute Gasteiger partial charge is 0.330 e. The molecule has 0 amide bonds. The van der Waals surface area contributed by atoms with Crippen molar-refractivity contribution in [1.82, 2.24) is 0 Å². The fourth-order valence-corrected chi connectivity index (χ4v) is 2.35. The van der Waals surface area contributed by atoms with Gasteiger partial charge >= 0.3 is 0 Å². The van der Waals surface area contributed by atoms with Crippen LogP contribution in [-0.4, -0.2) is 6.54 Å². The number of rotatable bonds is 4. The van der Waals surface area contributed by atoms with Crippen LogP contribution in [-0.2, 0) is 6.42 Å². The second-order valence-electron chi connectivity index (χ2n) is 4.97. The van der Waals surface area contributed by atoms with Crippen LogP contribution in [0.15, 0.2) is 42.5 Å². The molecule has 0 saturated carbocycles. The molecule has 0 radical (unpaired) electrons. The summed E-state index contributed by atoms with van der Waals surface area (Å²) in [6.07, 6.45) is 2.12. The summed E-state index contributed by atoms with van der Waals surface area (Å²) in [5.41, 5.74) is 12.2. The van der Waals surface area contributed by atoms with E-state index in [-0.39, 0.29) is 0 Å². The minimum Gasteiger partial charge on any atom is -0.330 e. The Balaban J connectivity index is 2.32. The lowest BCUT2D eigenvalue weighted by molar-refractivity contribution is 0.833. The Kier molecular flexibility index (Phi) is 4.16. The Hall–Kier alpha value is -1.60. The van der Waals surface area contributed by atoms with Crippen molar-refractivity contribution >= 4 is 0 Å². The molecule has 0 aliphatic carbocycles. The molecular formula is C17H21N. The van der Waals surface area contributed by atoms with Gasteiger partial charge in [-0.25, -0.2) is 0 Å². The van der Waals surface area contributed by atoms with Crippen LogP contribution in [0.2, 0.25) is 0 Å². The highest BCUT2D eigenvalue weighted by Crippen LogP contribution is 2.23. The zero-order valence-electron chi connectivity index (χ0n) is 11.2. The highest BCUT2D eigenvalue weighted by atomic mass is 14.5. The number of aryl methyl sites for hydroxylation is 3. The third-order valence-electron chi connectivity index (χ3n) is 3.15. The second kappa shape index (κ2) is 5.83. The predicted molar refractivity (Wildman–Crippen MR) is 78.7 cm³/mol. The molecule has 0 heterocycles. The van der Waals surface area contributed by atoms with Gasteiger partial charge in [-0.2, -0.15) is 0 Å². The smallest absolute Gasteiger partial charge is 0.00741 e. The zero-order valence-corrected chi connectivity index (χ0v) is 11.2. The van der Waals surface area contributed by atoms with Gasteiger partial charge in [-0.15, -0.1) is 0 Å². The first-order valence-electron chi connectivity index (χ1n) is 6.57. The van der Waals surface area contributed by atoms with Crippen LogP contribution < -0.4 is 5.73 Å². The van der Waals surface area contributed by atoms with Gasteiger partial charge in [0.15, 0.2) is 0 Å². The molecule has 0 aliphatic heterocycles. The maximum absolute atomic E-state index is 5.57. The third-order valence-corrected chi connectivity index (χ3v) is 3.15. The molecule has 2 N–H and O–H groups in total. The van der Waals surface area contributed by atoms with E-state index in [9.17, 15) is 0 Å². The third kappa shape index (κ3) is 3.21. The number of hydrogen-bond donors (Lipinski definition) is 1. The van der Waals surface area contributed by atoms with Crippen LogP contribution in [0.5, 0.6) is 0 Å². The lowest BCUT2D eigenvalue weighted by Crippen LogP contribution is -2.00. The molecule has 2 aromatic rings. The van der Waals surface area contributed by atoms with Crippen LogP contribution in [0.4, 0.5) is 0 Å².